The zero-order chi connectivity index (χ0) is 11.5. The lowest BCUT2D eigenvalue weighted by Crippen LogP contribution is -2.32. The van der Waals surface area contributed by atoms with E-state index in [0.29, 0.717) is 0 Å². The van der Waals surface area contributed by atoms with Crippen LogP contribution >= 0.6 is 45.7 Å². The minimum atomic E-state index is 0.0538. The van der Waals surface area contributed by atoms with E-state index in [0.717, 1.165) is 11.5 Å². The van der Waals surface area contributed by atoms with Gasteiger partial charge >= 0.3 is 0 Å². The predicted octanol–water partition coefficient (Wildman–Crippen LogP) is 4.64. The van der Waals surface area contributed by atoms with Crippen LogP contribution in [0.25, 0.3) is 0 Å². The average Bonchev–Trinajstić information content (AvgIpc) is 2.18. The number of para-hydroxylation sites is 1. The molecule has 0 bridgehead atoms. The smallest absolute Gasteiger partial charge is 0.130 e. The van der Waals surface area contributed by atoms with Gasteiger partial charge in [0.15, 0.2) is 0 Å². The third-order valence-corrected chi connectivity index (χ3v) is 3.39. The van der Waals surface area contributed by atoms with Crippen molar-refractivity contribution in [2.45, 2.75) is 20.8 Å². The first-order valence-electron chi connectivity index (χ1n) is 4.67. The first-order chi connectivity index (χ1) is 6.96. The number of hydrogen-bond donors (Lipinski definition) is 0. The van der Waals surface area contributed by atoms with Crippen LogP contribution in [0.1, 0.15) is 20.8 Å². The van der Waals surface area contributed by atoms with Crippen LogP contribution in [0.3, 0.4) is 0 Å². The molecule has 0 fully saturated rings. The van der Waals surface area contributed by atoms with Crippen molar-refractivity contribution in [3.05, 3.63) is 30.3 Å². The zero-order valence-corrected chi connectivity index (χ0v) is 13.4. The second-order valence-corrected chi connectivity index (χ2v) is 5.72. The van der Waals surface area contributed by atoms with Gasteiger partial charge in [-0.1, -0.05) is 39.0 Å². The van der Waals surface area contributed by atoms with Crippen LogP contribution in [0.15, 0.2) is 33.5 Å². The third-order valence-electron chi connectivity index (χ3n) is 1.92. The first kappa shape index (κ1) is 13.2. The summed E-state index contributed by atoms with van der Waals surface area (Å²) < 4.78 is 6.44. The normalized spacial score (nSPS) is 12.7. The van der Waals surface area contributed by atoms with Gasteiger partial charge in [-0.05, 0) is 12.1 Å². The summed E-state index contributed by atoms with van der Waals surface area (Å²) in [5, 5.41) is 0. The van der Waals surface area contributed by atoms with E-state index in [9.17, 15) is 0 Å². The lowest BCUT2D eigenvalue weighted by atomic mass is 9.95. The van der Waals surface area contributed by atoms with E-state index >= 15 is 0 Å². The molecule has 0 aromatic heterocycles. The van der Waals surface area contributed by atoms with Crippen LogP contribution in [-0.2, 0) is 0 Å². The quantitative estimate of drug-likeness (QED) is 0.276. The Kier molecular flexibility index (Phi) is 4.82. The molecule has 0 heterocycles. The van der Waals surface area contributed by atoms with Crippen molar-refractivity contribution in [2.24, 2.45) is 8.62 Å². The average molecular weight is 428 g/mol. The van der Waals surface area contributed by atoms with Gasteiger partial charge in [0.1, 0.15) is 5.84 Å². The maximum Gasteiger partial charge on any atom is 0.130 e. The van der Waals surface area contributed by atoms with Gasteiger partial charge in [0.25, 0.3) is 0 Å². The monoisotopic (exact) mass is 428 g/mol. The molecule has 2 nitrogen and oxygen atoms in total. The van der Waals surface area contributed by atoms with E-state index in [4.69, 9.17) is 0 Å². The third kappa shape index (κ3) is 3.58. The molecule has 0 N–H and O–H groups in total. The first-order valence-corrected chi connectivity index (χ1v) is 6.60. The van der Waals surface area contributed by atoms with Crippen LogP contribution in [0.2, 0.25) is 0 Å². The summed E-state index contributed by atoms with van der Waals surface area (Å²) in [4.78, 5) is 0. The van der Waals surface area contributed by atoms with Gasteiger partial charge in [0.2, 0.25) is 0 Å². The second kappa shape index (κ2) is 5.47. The van der Waals surface area contributed by atoms with Gasteiger partial charge < -0.3 is 0 Å². The molecule has 0 aliphatic heterocycles. The number of halogens is 2. The van der Waals surface area contributed by atoms with Crippen molar-refractivity contribution in [1.82, 2.24) is 0 Å². The molecular formula is C11H14I2N2. The highest BCUT2D eigenvalue weighted by Gasteiger charge is 2.24. The van der Waals surface area contributed by atoms with Gasteiger partial charge in [-0.25, -0.2) is 3.21 Å². The molecule has 0 aliphatic carbocycles. The number of rotatable bonds is 1. The molecule has 0 amide bonds. The summed E-state index contributed by atoms with van der Waals surface area (Å²) in [5.41, 5.74) is 1.21. The fourth-order valence-electron chi connectivity index (χ4n) is 1.14. The zero-order valence-electron chi connectivity index (χ0n) is 9.04. The van der Waals surface area contributed by atoms with Crippen molar-refractivity contribution in [2.75, 3.05) is 3.11 Å². The summed E-state index contributed by atoms with van der Waals surface area (Å²) in [7, 11) is 0. The van der Waals surface area contributed by atoms with Crippen LogP contribution in [0, 0.1) is 5.41 Å². The predicted molar refractivity (Wildman–Crippen MR) is 83.9 cm³/mol. The number of hydrogen-bond acceptors (Lipinski definition) is 1. The molecule has 0 atom stereocenters. The van der Waals surface area contributed by atoms with Gasteiger partial charge in [-0.3, -0.25) is 3.11 Å². The van der Waals surface area contributed by atoms with E-state index in [1.165, 1.54) is 0 Å². The Bertz CT molecular complexity index is 341. The highest BCUT2D eigenvalue weighted by Crippen LogP contribution is 2.28. The molecule has 0 unspecified atom stereocenters. The molecule has 0 saturated heterocycles. The minimum absolute atomic E-state index is 0.0538. The van der Waals surface area contributed by atoms with E-state index in [1.807, 2.05) is 18.2 Å². The number of anilines is 1. The van der Waals surface area contributed by atoms with Crippen molar-refractivity contribution >= 4 is 57.3 Å². The Hall–Kier alpha value is 0.150. The Balaban J connectivity index is 2.99. The second-order valence-electron chi connectivity index (χ2n) is 4.27. The molecular weight excluding hydrogens is 414 g/mol. The van der Waals surface area contributed by atoms with E-state index in [1.54, 1.807) is 0 Å². The summed E-state index contributed by atoms with van der Waals surface area (Å²) in [6.07, 6.45) is 0. The molecule has 0 spiro atoms. The molecule has 0 aliphatic rings. The van der Waals surface area contributed by atoms with Gasteiger partial charge in [0.05, 0.1) is 51.4 Å². The molecule has 1 aromatic rings. The summed E-state index contributed by atoms with van der Waals surface area (Å²) in [5.74, 6) is 1.06. The number of nitrogens with zero attached hydrogens (tertiary/aromatic N) is 2. The van der Waals surface area contributed by atoms with Gasteiger partial charge in [-0.15, -0.1) is 0 Å². The largest absolute Gasteiger partial charge is 0.269 e. The molecule has 1 aromatic carbocycles. The lowest BCUT2D eigenvalue weighted by Gasteiger charge is -2.27. The Labute approximate surface area is 119 Å². The molecule has 82 valence electrons. The maximum atomic E-state index is 4.34. The molecule has 4 heteroatoms. The Morgan fingerprint density at radius 2 is 1.73 bits per heavy atom. The molecule has 0 saturated carbocycles. The van der Waals surface area contributed by atoms with Crippen molar-refractivity contribution in [1.29, 1.82) is 0 Å². The van der Waals surface area contributed by atoms with E-state index in [2.05, 4.69) is 85.0 Å². The Morgan fingerprint density at radius 1 is 1.20 bits per heavy atom. The van der Waals surface area contributed by atoms with Crippen LogP contribution in [0.5, 0.6) is 0 Å². The van der Waals surface area contributed by atoms with Crippen molar-refractivity contribution < 1.29 is 0 Å². The standard InChI is InChI=1S/C11H14I2N2/c1-11(2,3)10(14-12)15(13)9-7-5-4-6-8-9/h4-8H,1-3H3/b14-10-. The van der Waals surface area contributed by atoms with Crippen LogP contribution < -0.4 is 3.11 Å². The summed E-state index contributed by atoms with van der Waals surface area (Å²) in [6.45, 7) is 6.50. The number of amidine groups is 1. The minimum Gasteiger partial charge on any atom is -0.269 e. The molecule has 0 radical (unpaired) electrons. The SMILES string of the molecule is CC(C)(C)/C(=N/I)N(I)c1ccccc1. The van der Waals surface area contributed by atoms with E-state index in [-0.39, 0.29) is 5.41 Å². The number of benzene rings is 1. The van der Waals surface area contributed by atoms with Crippen molar-refractivity contribution in [3.63, 3.8) is 0 Å². The molecule has 1 rings (SSSR count). The fraction of sp³-hybridized carbons (Fsp3) is 0.364. The maximum absolute atomic E-state index is 4.34. The van der Waals surface area contributed by atoms with E-state index < -0.39 is 0 Å². The van der Waals surface area contributed by atoms with Crippen molar-refractivity contribution in [3.8, 4) is 0 Å². The highest BCUT2D eigenvalue weighted by atomic mass is 127. The van der Waals surface area contributed by atoms with Gasteiger partial charge in [0, 0.05) is 5.41 Å². The Morgan fingerprint density at radius 3 is 2.13 bits per heavy atom. The van der Waals surface area contributed by atoms with Crippen LogP contribution in [0.4, 0.5) is 5.69 Å². The summed E-state index contributed by atoms with van der Waals surface area (Å²) >= 11 is 4.35. The lowest BCUT2D eigenvalue weighted by molar-refractivity contribution is 0.589. The molecule has 15 heavy (non-hydrogen) atoms. The topological polar surface area (TPSA) is 15.6 Å². The van der Waals surface area contributed by atoms with Gasteiger partial charge in [-0.2, -0.15) is 0 Å². The highest BCUT2D eigenvalue weighted by molar-refractivity contribution is 14.1. The fourth-order valence-corrected chi connectivity index (χ4v) is 3.64. The van der Waals surface area contributed by atoms with Crippen LogP contribution in [-0.4, -0.2) is 5.84 Å². The summed E-state index contributed by atoms with van der Waals surface area (Å²) in [6, 6.07) is 10.3.